The Morgan fingerprint density at radius 3 is 1.20 bits per heavy atom. The number of sulfonamides is 2. The zero-order valence-electron chi connectivity index (χ0n) is 29.4. The van der Waals surface area contributed by atoms with Gasteiger partial charge in [-0.2, -0.15) is 0 Å². The molecule has 2 N–H and O–H groups in total. The lowest BCUT2D eigenvalue weighted by Crippen LogP contribution is -2.23. The third-order valence-corrected chi connectivity index (χ3v) is 10.5. The van der Waals surface area contributed by atoms with Gasteiger partial charge < -0.3 is 18.3 Å². The summed E-state index contributed by atoms with van der Waals surface area (Å²) in [6.07, 6.45) is 2.39. The van der Waals surface area contributed by atoms with Crippen molar-refractivity contribution in [2.24, 2.45) is 0 Å². The Kier molecular flexibility index (Phi) is 13.4. The van der Waals surface area contributed by atoms with Gasteiger partial charge in [0, 0.05) is 12.1 Å². The highest BCUT2D eigenvalue weighted by atomic mass is 32.2. The van der Waals surface area contributed by atoms with E-state index in [1.807, 2.05) is 74.5 Å². The molecule has 0 amide bonds. The lowest BCUT2D eigenvalue weighted by atomic mass is 10.2. The summed E-state index contributed by atoms with van der Waals surface area (Å²) in [7, 11) is -7.38. The van der Waals surface area contributed by atoms with Crippen LogP contribution in [0.1, 0.15) is 33.8 Å². The summed E-state index contributed by atoms with van der Waals surface area (Å²) in [6, 6.07) is 34.2. The molecular formula is C40H38N2O10S2. The van der Waals surface area contributed by atoms with Crippen molar-refractivity contribution in [3.8, 4) is 11.5 Å². The van der Waals surface area contributed by atoms with Crippen molar-refractivity contribution in [3.63, 3.8) is 0 Å². The lowest BCUT2D eigenvalue weighted by Gasteiger charge is -2.08. The number of hydrogen-bond acceptors (Lipinski definition) is 10. The van der Waals surface area contributed by atoms with Crippen molar-refractivity contribution >= 4 is 20.0 Å². The Balaban J connectivity index is 0.000000208. The SMILES string of the molecule is Cc1ccc(S(=O)(=O)NCc2cc(=O)c(OCc3ccccc3)co2)cc1.Cc1ccc(S(=O)(=O)NCc2cc(=O)c(OCc3ccccc3)co2)cc1. The van der Waals surface area contributed by atoms with Crippen LogP contribution in [0.5, 0.6) is 11.5 Å². The zero-order valence-corrected chi connectivity index (χ0v) is 31.1. The third-order valence-electron chi connectivity index (χ3n) is 7.71. The molecule has 0 spiro atoms. The quantitative estimate of drug-likeness (QED) is 0.134. The molecule has 0 saturated heterocycles. The minimum atomic E-state index is -3.69. The van der Waals surface area contributed by atoms with Crippen molar-refractivity contribution in [3.05, 3.63) is 188 Å². The van der Waals surface area contributed by atoms with E-state index < -0.39 is 20.0 Å². The first-order valence-corrected chi connectivity index (χ1v) is 19.5. The maximum absolute atomic E-state index is 12.3. The molecule has 0 unspecified atom stereocenters. The van der Waals surface area contributed by atoms with E-state index in [2.05, 4.69) is 9.44 Å². The summed E-state index contributed by atoms with van der Waals surface area (Å²) < 4.78 is 75.5. The van der Waals surface area contributed by atoms with Gasteiger partial charge in [-0.15, -0.1) is 0 Å². The fourth-order valence-corrected chi connectivity index (χ4v) is 6.66. The second-order valence-electron chi connectivity index (χ2n) is 12.0. The van der Waals surface area contributed by atoms with Gasteiger partial charge in [0.1, 0.15) is 37.3 Å². The van der Waals surface area contributed by atoms with Crippen LogP contribution in [-0.4, -0.2) is 16.8 Å². The van der Waals surface area contributed by atoms with Crippen LogP contribution in [0.4, 0.5) is 0 Å². The van der Waals surface area contributed by atoms with Crippen LogP contribution < -0.4 is 29.8 Å². The van der Waals surface area contributed by atoms with Gasteiger partial charge in [-0.25, -0.2) is 26.3 Å². The highest BCUT2D eigenvalue weighted by Gasteiger charge is 2.16. The predicted molar refractivity (Wildman–Crippen MR) is 202 cm³/mol. The number of hydrogen-bond donors (Lipinski definition) is 2. The van der Waals surface area contributed by atoms with E-state index in [1.54, 1.807) is 24.3 Å². The predicted octanol–water partition coefficient (Wildman–Crippen LogP) is 6.01. The highest BCUT2D eigenvalue weighted by Crippen LogP contribution is 2.14. The molecule has 0 aliphatic heterocycles. The van der Waals surface area contributed by atoms with Crippen LogP contribution in [0.3, 0.4) is 0 Å². The average molecular weight is 771 g/mol. The van der Waals surface area contributed by atoms with Crippen molar-refractivity contribution in [1.29, 1.82) is 0 Å². The van der Waals surface area contributed by atoms with Crippen LogP contribution in [-0.2, 0) is 46.3 Å². The van der Waals surface area contributed by atoms with Crippen molar-refractivity contribution in [1.82, 2.24) is 9.44 Å². The average Bonchev–Trinajstić information content (AvgIpc) is 3.17. The van der Waals surface area contributed by atoms with E-state index in [4.69, 9.17) is 18.3 Å². The fourth-order valence-electron chi connectivity index (χ4n) is 4.68. The van der Waals surface area contributed by atoms with E-state index in [-0.39, 0.29) is 70.0 Å². The molecule has 6 aromatic rings. The molecule has 4 aromatic carbocycles. The van der Waals surface area contributed by atoms with Crippen LogP contribution in [0.25, 0.3) is 0 Å². The second kappa shape index (κ2) is 18.3. The largest absolute Gasteiger partial charge is 0.482 e. The highest BCUT2D eigenvalue weighted by molar-refractivity contribution is 7.89. The summed E-state index contributed by atoms with van der Waals surface area (Å²) in [5.41, 5.74) is 3.03. The number of ether oxygens (including phenoxy) is 2. The summed E-state index contributed by atoms with van der Waals surface area (Å²) in [6.45, 7) is 3.96. The van der Waals surface area contributed by atoms with Crippen molar-refractivity contribution in [2.45, 2.75) is 49.9 Å². The van der Waals surface area contributed by atoms with Gasteiger partial charge in [0.2, 0.25) is 42.4 Å². The van der Waals surface area contributed by atoms with E-state index >= 15 is 0 Å². The third kappa shape index (κ3) is 11.6. The van der Waals surface area contributed by atoms with Gasteiger partial charge in [-0.05, 0) is 49.2 Å². The van der Waals surface area contributed by atoms with Crippen LogP contribution in [0, 0.1) is 13.8 Å². The molecule has 0 saturated carbocycles. The van der Waals surface area contributed by atoms with E-state index in [1.165, 1.54) is 48.9 Å². The van der Waals surface area contributed by atoms with Crippen LogP contribution in [0.2, 0.25) is 0 Å². The second-order valence-corrected chi connectivity index (χ2v) is 15.5. The molecule has 14 heteroatoms. The fraction of sp³-hybridized carbons (Fsp3) is 0.150. The topological polar surface area (TPSA) is 171 Å². The lowest BCUT2D eigenvalue weighted by molar-refractivity contribution is 0.289. The van der Waals surface area contributed by atoms with Crippen LogP contribution >= 0.6 is 0 Å². The molecule has 2 aromatic heterocycles. The molecule has 54 heavy (non-hydrogen) atoms. The number of benzene rings is 4. The molecule has 0 bridgehead atoms. The standard InChI is InChI=1S/2C20H19NO5S/c2*1-15-7-9-18(10-8-15)27(23,24)21-12-17-11-19(22)20(14-25-17)26-13-16-5-3-2-4-6-16/h2*2-11,14,21H,12-13H2,1H3. The van der Waals surface area contributed by atoms with Gasteiger partial charge in [0.05, 0.1) is 22.9 Å². The number of aryl methyl sites for hydroxylation is 2. The maximum atomic E-state index is 12.3. The Labute approximate surface area is 313 Å². The molecule has 2 heterocycles. The molecule has 0 fully saturated rings. The molecule has 0 aliphatic carbocycles. The molecule has 0 radical (unpaired) electrons. The number of rotatable bonds is 14. The maximum Gasteiger partial charge on any atom is 0.240 e. The Morgan fingerprint density at radius 2 is 0.870 bits per heavy atom. The van der Waals surface area contributed by atoms with Crippen LogP contribution in [0.15, 0.2) is 162 Å². The minimum absolute atomic E-state index is 0.0731. The Morgan fingerprint density at radius 1 is 0.519 bits per heavy atom. The smallest absolute Gasteiger partial charge is 0.240 e. The minimum Gasteiger partial charge on any atom is -0.482 e. The molecular weight excluding hydrogens is 733 g/mol. The van der Waals surface area contributed by atoms with E-state index in [9.17, 15) is 26.4 Å². The van der Waals surface area contributed by atoms with Gasteiger partial charge in [-0.1, -0.05) is 96.1 Å². The molecule has 6 rings (SSSR count). The van der Waals surface area contributed by atoms with E-state index in [0.717, 1.165) is 22.3 Å². The van der Waals surface area contributed by atoms with Gasteiger partial charge in [0.15, 0.2) is 0 Å². The first kappa shape index (κ1) is 39.4. The summed E-state index contributed by atoms with van der Waals surface area (Å²) in [5.74, 6) is 0.540. The molecule has 280 valence electrons. The first-order valence-electron chi connectivity index (χ1n) is 16.6. The summed E-state index contributed by atoms with van der Waals surface area (Å²) in [4.78, 5) is 24.6. The van der Waals surface area contributed by atoms with Gasteiger partial charge in [-0.3, -0.25) is 9.59 Å². The molecule has 0 atom stereocenters. The van der Waals surface area contributed by atoms with Gasteiger partial charge >= 0.3 is 0 Å². The monoisotopic (exact) mass is 770 g/mol. The van der Waals surface area contributed by atoms with Crippen molar-refractivity contribution < 1.29 is 35.1 Å². The van der Waals surface area contributed by atoms with Crippen molar-refractivity contribution in [2.75, 3.05) is 0 Å². The Hall–Kier alpha value is -5.80. The first-order chi connectivity index (χ1) is 25.9. The van der Waals surface area contributed by atoms with E-state index in [0.29, 0.717) is 0 Å². The molecule has 0 aliphatic rings. The summed E-state index contributed by atoms with van der Waals surface area (Å²) >= 11 is 0. The normalized spacial score (nSPS) is 11.3. The Bertz CT molecular complexity index is 2290. The number of nitrogens with one attached hydrogen (secondary N) is 2. The molecule has 12 nitrogen and oxygen atoms in total. The van der Waals surface area contributed by atoms with Gasteiger partial charge in [0.25, 0.3) is 0 Å². The summed E-state index contributed by atoms with van der Waals surface area (Å²) in [5, 5.41) is 0. The zero-order chi connectivity index (χ0) is 38.6.